The second kappa shape index (κ2) is 11.4. The van der Waals surface area contributed by atoms with Crippen molar-refractivity contribution in [2.24, 2.45) is 12.8 Å². The van der Waals surface area contributed by atoms with E-state index < -0.39 is 40.8 Å². The first-order valence-corrected chi connectivity index (χ1v) is 14.0. The maximum Gasteiger partial charge on any atom is 0.352 e. The number of ether oxygens (including phenoxy) is 1. The molecule has 0 aliphatic carbocycles. The molecule has 1 fully saturated rings. The van der Waals surface area contributed by atoms with E-state index in [0.29, 0.717) is 24.4 Å². The molecule has 0 spiro atoms. The second-order valence-electron chi connectivity index (χ2n) is 9.74. The molecule has 9 N–H and O–H groups in total. The summed E-state index contributed by atoms with van der Waals surface area (Å²) in [5.41, 5.74) is 16.7. The molecule has 4 heterocycles. The SMILES string of the molecule is Cn1c(N)c(CCN)c[n+]1CC1=C(C(=O)O)N2C(=O)C(NC(=O)/C(=C\OC(C)(C)C(=O)O)c3nsc(N)n3)C2SC1. The van der Waals surface area contributed by atoms with Gasteiger partial charge in [0.25, 0.3) is 11.8 Å². The largest absolute Gasteiger partial charge is 0.483 e. The van der Waals surface area contributed by atoms with Crippen LogP contribution in [-0.4, -0.2) is 82.2 Å². The Morgan fingerprint density at radius 1 is 1.32 bits per heavy atom. The molecule has 0 saturated carbocycles. The van der Waals surface area contributed by atoms with Crippen molar-refractivity contribution >= 4 is 63.6 Å². The van der Waals surface area contributed by atoms with Crippen molar-refractivity contribution in [3.8, 4) is 0 Å². The second-order valence-corrected chi connectivity index (χ2v) is 11.6. The number of nitrogens with two attached hydrogens (primary N) is 3. The zero-order chi connectivity index (χ0) is 30.2. The maximum atomic E-state index is 13.3. The number of carbonyl (C=O) groups excluding carboxylic acids is 2. The Bertz CT molecular complexity index is 1480. The maximum absolute atomic E-state index is 13.3. The number of carboxylic acid groups (broad SMARTS) is 2. The summed E-state index contributed by atoms with van der Waals surface area (Å²) in [5.74, 6) is -3.34. The van der Waals surface area contributed by atoms with Crippen LogP contribution in [-0.2, 0) is 43.9 Å². The number of carbonyl (C=O) groups is 4. The third-order valence-corrected chi connectivity index (χ3v) is 8.47. The average molecular weight is 609 g/mol. The van der Waals surface area contributed by atoms with Crippen LogP contribution in [0, 0.1) is 0 Å². The zero-order valence-electron chi connectivity index (χ0n) is 22.4. The van der Waals surface area contributed by atoms with Crippen molar-refractivity contribution in [3.63, 3.8) is 0 Å². The van der Waals surface area contributed by atoms with Crippen molar-refractivity contribution in [3.05, 3.63) is 35.1 Å². The third-order valence-electron chi connectivity index (χ3n) is 6.58. The molecule has 2 aromatic rings. The van der Waals surface area contributed by atoms with Gasteiger partial charge in [0.15, 0.2) is 28.9 Å². The van der Waals surface area contributed by atoms with Gasteiger partial charge in [-0.25, -0.2) is 9.59 Å². The van der Waals surface area contributed by atoms with Crippen molar-refractivity contribution in [1.82, 2.24) is 24.3 Å². The summed E-state index contributed by atoms with van der Waals surface area (Å²) in [6.45, 7) is 3.15. The first kappa shape index (κ1) is 29.8. The highest BCUT2D eigenvalue weighted by Gasteiger charge is 2.55. The predicted molar refractivity (Wildman–Crippen MR) is 148 cm³/mol. The normalized spacial score (nSPS) is 19.1. The number of β-lactam (4-membered cyclic amide) rings is 1. The highest BCUT2D eigenvalue weighted by molar-refractivity contribution is 8.00. The molecule has 2 aliphatic heterocycles. The predicted octanol–water partition coefficient (Wildman–Crippen LogP) is -1.51. The Labute approximate surface area is 242 Å². The lowest BCUT2D eigenvalue weighted by Gasteiger charge is -2.49. The topological polar surface area (TPSA) is 246 Å². The molecule has 2 atom stereocenters. The molecular formula is C23H30N9O7S2+. The van der Waals surface area contributed by atoms with E-state index in [0.717, 1.165) is 28.3 Å². The summed E-state index contributed by atoms with van der Waals surface area (Å²) in [6, 6.07) is -1.07. The minimum absolute atomic E-state index is 0.0571. The molecule has 2 aliphatic rings. The number of hydrogen-bond donors (Lipinski definition) is 6. The molecule has 0 radical (unpaired) electrons. The fraction of sp³-hybridized carbons (Fsp3) is 0.435. The zero-order valence-corrected chi connectivity index (χ0v) is 24.0. The lowest BCUT2D eigenvalue weighted by Crippen LogP contribution is -2.70. The van der Waals surface area contributed by atoms with Crippen LogP contribution < -0.4 is 27.2 Å². The Hall–Kier alpha value is -4.16. The van der Waals surface area contributed by atoms with Crippen LogP contribution in [0.25, 0.3) is 5.57 Å². The number of nitrogen functional groups attached to an aromatic ring is 2. The van der Waals surface area contributed by atoms with Crippen molar-refractivity contribution in [1.29, 1.82) is 0 Å². The number of fused-ring (bicyclic) bond motifs is 1. The monoisotopic (exact) mass is 608 g/mol. The highest BCUT2D eigenvalue weighted by atomic mass is 32.2. The lowest BCUT2D eigenvalue weighted by atomic mass is 10.0. The van der Waals surface area contributed by atoms with Crippen LogP contribution in [0.5, 0.6) is 0 Å². The number of carboxylic acids is 2. The van der Waals surface area contributed by atoms with E-state index in [1.165, 1.54) is 25.6 Å². The van der Waals surface area contributed by atoms with E-state index in [2.05, 4.69) is 14.7 Å². The summed E-state index contributed by atoms with van der Waals surface area (Å²) in [4.78, 5) is 55.3. The van der Waals surface area contributed by atoms with Gasteiger partial charge in [0, 0.05) is 22.9 Å². The molecule has 2 amide bonds. The number of hydrogen-bond acceptors (Lipinski definition) is 12. The standard InChI is InChI=1S/C23H29N9O7S2/c1-23(2,21(37)38)39-8-12(16-28-22(26)41-29-16)17(33)27-13-18(34)32-14(20(35)36)11(9-40-19(13)32)7-31-6-10(4-5-24)15(25)30(31)3/h6,8,13,19,25H,4-5,7,9,24H2,1-3H3,(H5,26,27,28,29,33,35,36,37,38)/p+1/b12-8-. The van der Waals surface area contributed by atoms with Gasteiger partial charge >= 0.3 is 11.9 Å². The summed E-state index contributed by atoms with van der Waals surface area (Å²) in [7, 11) is 1.74. The fourth-order valence-corrected chi connectivity index (χ4v) is 5.99. The number of thioether (sulfide) groups is 1. The van der Waals surface area contributed by atoms with E-state index in [-0.39, 0.29) is 34.5 Å². The average Bonchev–Trinajstić information content (AvgIpc) is 3.45. The van der Waals surface area contributed by atoms with Crippen LogP contribution in [0.15, 0.2) is 23.7 Å². The van der Waals surface area contributed by atoms with Crippen LogP contribution in [0.3, 0.4) is 0 Å². The van der Waals surface area contributed by atoms with Gasteiger partial charge in [0.1, 0.15) is 28.9 Å². The lowest BCUT2D eigenvalue weighted by molar-refractivity contribution is -0.765. The van der Waals surface area contributed by atoms with Gasteiger partial charge in [-0.1, -0.05) is 0 Å². The van der Waals surface area contributed by atoms with Crippen molar-refractivity contribution in [2.45, 2.75) is 43.8 Å². The summed E-state index contributed by atoms with van der Waals surface area (Å²) < 4.78 is 12.7. The van der Waals surface area contributed by atoms with Gasteiger partial charge in [-0.15, -0.1) is 21.1 Å². The summed E-state index contributed by atoms with van der Waals surface area (Å²) in [6.07, 6.45) is 3.26. The van der Waals surface area contributed by atoms with E-state index in [9.17, 15) is 29.4 Å². The van der Waals surface area contributed by atoms with Gasteiger partial charge < -0.3 is 37.5 Å². The Morgan fingerprint density at radius 3 is 2.61 bits per heavy atom. The number of anilines is 2. The minimum atomic E-state index is -1.68. The highest BCUT2D eigenvalue weighted by Crippen LogP contribution is 2.40. The van der Waals surface area contributed by atoms with Gasteiger partial charge in [-0.3, -0.25) is 14.5 Å². The van der Waals surface area contributed by atoms with E-state index in [4.69, 9.17) is 21.9 Å². The molecule has 18 heteroatoms. The van der Waals surface area contributed by atoms with Crippen molar-refractivity contribution < 1.29 is 38.8 Å². The number of amides is 2. The molecule has 0 aromatic carbocycles. The quantitative estimate of drug-likeness (QED) is 0.0736. The van der Waals surface area contributed by atoms with Crippen LogP contribution in [0.2, 0.25) is 0 Å². The molecular weight excluding hydrogens is 578 g/mol. The fourth-order valence-electron chi connectivity index (χ4n) is 4.21. The summed E-state index contributed by atoms with van der Waals surface area (Å²) >= 11 is 2.11. The molecule has 2 aromatic heterocycles. The number of aromatic nitrogens is 4. The first-order valence-electron chi connectivity index (χ1n) is 12.2. The van der Waals surface area contributed by atoms with E-state index in [1.54, 1.807) is 22.6 Å². The summed E-state index contributed by atoms with van der Waals surface area (Å²) in [5, 5.41) is 21.3. The molecule has 220 valence electrons. The molecule has 1 saturated heterocycles. The number of nitrogens with zero attached hydrogens (tertiary/aromatic N) is 5. The molecule has 16 nitrogen and oxygen atoms in total. The van der Waals surface area contributed by atoms with Crippen LogP contribution in [0.4, 0.5) is 10.9 Å². The van der Waals surface area contributed by atoms with E-state index in [1.807, 2.05) is 0 Å². The van der Waals surface area contributed by atoms with Crippen LogP contribution >= 0.6 is 23.3 Å². The Kier molecular flexibility index (Phi) is 8.27. The van der Waals surface area contributed by atoms with Gasteiger partial charge in [-0.05, 0) is 26.8 Å². The third kappa shape index (κ3) is 5.70. The molecule has 41 heavy (non-hydrogen) atoms. The molecule has 2 unspecified atom stereocenters. The van der Waals surface area contributed by atoms with Crippen molar-refractivity contribution in [2.75, 3.05) is 23.8 Å². The van der Waals surface area contributed by atoms with Crippen LogP contribution in [0.1, 0.15) is 25.2 Å². The number of rotatable bonds is 11. The molecule has 4 rings (SSSR count). The van der Waals surface area contributed by atoms with Gasteiger partial charge in [-0.2, -0.15) is 9.36 Å². The Balaban J connectivity index is 1.56. The minimum Gasteiger partial charge on any atom is -0.483 e. The smallest absolute Gasteiger partial charge is 0.352 e. The first-order chi connectivity index (χ1) is 19.3. The Morgan fingerprint density at radius 2 is 2.02 bits per heavy atom. The van der Waals surface area contributed by atoms with E-state index >= 15 is 0 Å². The molecule has 0 bridgehead atoms. The van der Waals surface area contributed by atoms with Gasteiger partial charge in [0.05, 0.1) is 12.6 Å². The number of aliphatic carboxylic acids is 2. The van der Waals surface area contributed by atoms with Gasteiger partial charge in [0.2, 0.25) is 6.20 Å². The number of nitrogens with one attached hydrogen (secondary N) is 1.